The average Bonchev–Trinajstić information content (AvgIpc) is 2.78. The molecule has 1 unspecified atom stereocenters. The molecule has 0 radical (unpaired) electrons. The molecule has 0 saturated heterocycles. The molecular weight excluding hydrogens is 352 g/mol. The molecule has 0 N–H and O–H groups in total. The zero-order valence-electron chi connectivity index (χ0n) is 19.1. The van der Waals surface area contributed by atoms with E-state index >= 15 is 0 Å². The molecule has 0 amide bonds. The van der Waals surface area contributed by atoms with Gasteiger partial charge in [-0.25, -0.2) is 0 Å². The van der Waals surface area contributed by atoms with Crippen molar-refractivity contribution in [3.8, 4) is 5.75 Å². The number of aryl methyl sites for hydroxylation is 1. The van der Waals surface area contributed by atoms with Gasteiger partial charge in [-0.15, -0.1) is 0 Å². The van der Waals surface area contributed by atoms with E-state index < -0.39 is 0 Å². The van der Waals surface area contributed by atoms with Crippen molar-refractivity contribution in [1.29, 1.82) is 0 Å². The van der Waals surface area contributed by atoms with Gasteiger partial charge in [-0.1, -0.05) is 82.6 Å². The van der Waals surface area contributed by atoms with Crippen molar-refractivity contribution in [2.24, 2.45) is 17.8 Å². The Morgan fingerprint density at radius 2 is 1.55 bits per heavy atom. The minimum atomic E-state index is 0.837. The first-order chi connectivity index (χ1) is 14.3. The number of rotatable bonds is 11. The van der Waals surface area contributed by atoms with E-state index in [9.17, 15) is 0 Å². The summed E-state index contributed by atoms with van der Waals surface area (Å²) in [6.07, 6.45) is 21.8. The van der Waals surface area contributed by atoms with E-state index in [4.69, 9.17) is 4.74 Å². The molecule has 162 valence electrons. The highest BCUT2D eigenvalue weighted by molar-refractivity contribution is 5.28. The molecule has 29 heavy (non-hydrogen) atoms. The third-order valence-corrected chi connectivity index (χ3v) is 7.57. The van der Waals surface area contributed by atoms with Gasteiger partial charge >= 0.3 is 0 Å². The largest absolute Gasteiger partial charge is 0.494 e. The molecule has 0 aromatic heterocycles. The monoisotopic (exact) mass is 396 g/mol. The van der Waals surface area contributed by atoms with Gasteiger partial charge in [-0.2, -0.15) is 0 Å². The van der Waals surface area contributed by atoms with Gasteiger partial charge in [0.15, 0.2) is 0 Å². The van der Waals surface area contributed by atoms with E-state index in [0.29, 0.717) is 0 Å². The van der Waals surface area contributed by atoms with Crippen LogP contribution in [0.15, 0.2) is 35.9 Å². The lowest BCUT2D eigenvalue weighted by atomic mass is 9.76. The summed E-state index contributed by atoms with van der Waals surface area (Å²) in [5.41, 5.74) is 3.14. The molecule has 0 spiro atoms. The fraction of sp³-hybridized carbons (Fsp3) is 0.714. The number of unbranched alkanes of at least 4 members (excludes halogenated alkanes) is 1. The van der Waals surface area contributed by atoms with Gasteiger partial charge < -0.3 is 4.74 Å². The molecule has 3 rings (SSSR count). The molecule has 1 fully saturated rings. The van der Waals surface area contributed by atoms with Crippen molar-refractivity contribution in [3.05, 3.63) is 41.5 Å². The lowest BCUT2D eigenvalue weighted by Gasteiger charge is -2.29. The second-order valence-electron chi connectivity index (χ2n) is 9.72. The van der Waals surface area contributed by atoms with E-state index in [1.165, 1.54) is 89.0 Å². The molecule has 2 aliphatic carbocycles. The molecule has 0 heterocycles. The third kappa shape index (κ3) is 7.83. The lowest BCUT2D eigenvalue weighted by molar-refractivity contribution is 0.241. The second kappa shape index (κ2) is 12.5. The fourth-order valence-corrected chi connectivity index (χ4v) is 5.22. The van der Waals surface area contributed by atoms with Crippen LogP contribution in [0.25, 0.3) is 0 Å². The van der Waals surface area contributed by atoms with Crippen molar-refractivity contribution in [3.63, 3.8) is 0 Å². The normalized spacial score (nSPS) is 24.9. The molecule has 0 aliphatic heterocycles. The molecule has 1 aromatic carbocycles. The van der Waals surface area contributed by atoms with Crippen LogP contribution >= 0.6 is 0 Å². The summed E-state index contributed by atoms with van der Waals surface area (Å²) in [4.78, 5) is 0. The van der Waals surface area contributed by atoms with Gasteiger partial charge in [-0.05, 0) is 80.4 Å². The highest BCUT2D eigenvalue weighted by atomic mass is 16.5. The predicted molar refractivity (Wildman–Crippen MR) is 126 cm³/mol. The van der Waals surface area contributed by atoms with Crippen molar-refractivity contribution in [2.45, 2.75) is 104 Å². The summed E-state index contributed by atoms with van der Waals surface area (Å²) >= 11 is 0. The van der Waals surface area contributed by atoms with Crippen LogP contribution in [-0.4, -0.2) is 6.61 Å². The Bertz CT molecular complexity index is 591. The number of hydrogen-bond donors (Lipinski definition) is 0. The highest BCUT2D eigenvalue weighted by Crippen LogP contribution is 2.36. The van der Waals surface area contributed by atoms with E-state index in [-0.39, 0.29) is 0 Å². The highest BCUT2D eigenvalue weighted by Gasteiger charge is 2.21. The Morgan fingerprint density at radius 3 is 2.21 bits per heavy atom. The van der Waals surface area contributed by atoms with Gasteiger partial charge in [-0.3, -0.25) is 0 Å². The van der Waals surface area contributed by atoms with Crippen LogP contribution in [0.5, 0.6) is 5.75 Å². The lowest BCUT2D eigenvalue weighted by Crippen LogP contribution is -2.15. The van der Waals surface area contributed by atoms with E-state index in [1.54, 1.807) is 5.57 Å². The molecule has 2 aliphatic rings. The van der Waals surface area contributed by atoms with Crippen LogP contribution in [0.2, 0.25) is 0 Å². The standard InChI is InChI=1S/C28H44O/c1-3-5-22-29-28-20-18-27(19-21-28)17-16-26-14-12-25(13-15-26)11-10-24-8-6-23(4-2)7-9-24/h14,18-21,23-25H,3-13,15-17,22H2,1-2H3. The number of benzene rings is 1. The Kier molecular flexibility index (Phi) is 9.64. The Hall–Kier alpha value is -1.24. The van der Waals surface area contributed by atoms with Gasteiger partial charge in [0.1, 0.15) is 5.75 Å². The van der Waals surface area contributed by atoms with Crippen molar-refractivity contribution in [1.82, 2.24) is 0 Å². The van der Waals surface area contributed by atoms with Crippen LogP contribution in [0.4, 0.5) is 0 Å². The fourth-order valence-electron chi connectivity index (χ4n) is 5.22. The molecular formula is C28H44O. The van der Waals surface area contributed by atoms with Crippen LogP contribution in [0.1, 0.15) is 103 Å². The third-order valence-electron chi connectivity index (χ3n) is 7.57. The Morgan fingerprint density at radius 1 is 0.828 bits per heavy atom. The number of ether oxygens (including phenoxy) is 1. The van der Waals surface area contributed by atoms with Gasteiger partial charge in [0, 0.05) is 0 Å². The first kappa shape index (κ1) is 22.4. The quantitative estimate of drug-likeness (QED) is 0.269. The summed E-state index contributed by atoms with van der Waals surface area (Å²) < 4.78 is 5.77. The van der Waals surface area contributed by atoms with Crippen LogP contribution in [0, 0.1) is 17.8 Å². The summed E-state index contributed by atoms with van der Waals surface area (Å²) in [5.74, 6) is 4.06. The first-order valence-electron chi connectivity index (χ1n) is 12.7. The number of hydrogen-bond acceptors (Lipinski definition) is 1. The smallest absolute Gasteiger partial charge is 0.119 e. The van der Waals surface area contributed by atoms with Gasteiger partial charge in [0.05, 0.1) is 6.61 Å². The van der Waals surface area contributed by atoms with Crippen molar-refractivity contribution in [2.75, 3.05) is 6.61 Å². The molecule has 1 heteroatoms. The van der Waals surface area contributed by atoms with Gasteiger partial charge in [0.2, 0.25) is 0 Å². The van der Waals surface area contributed by atoms with Crippen molar-refractivity contribution < 1.29 is 4.74 Å². The maximum atomic E-state index is 5.77. The predicted octanol–water partition coefficient (Wildman–Crippen LogP) is 8.52. The van der Waals surface area contributed by atoms with Crippen LogP contribution in [-0.2, 0) is 6.42 Å². The average molecular weight is 397 g/mol. The molecule has 0 bridgehead atoms. The number of allylic oxidation sites excluding steroid dienone is 2. The molecule has 1 saturated carbocycles. The van der Waals surface area contributed by atoms with Crippen molar-refractivity contribution >= 4 is 0 Å². The maximum absolute atomic E-state index is 5.77. The van der Waals surface area contributed by atoms with E-state index in [0.717, 1.165) is 36.5 Å². The topological polar surface area (TPSA) is 9.23 Å². The molecule has 1 nitrogen and oxygen atoms in total. The summed E-state index contributed by atoms with van der Waals surface area (Å²) in [5, 5.41) is 0. The minimum absolute atomic E-state index is 0.837. The zero-order valence-corrected chi connectivity index (χ0v) is 19.1. The maximum Gasteiger partial charge on any atom is 0.119 e. The zero-order chi connectivity index (χ0) is 20.3. The van der Waals surface area contributed by atoms with Crippen LogP contribution in [0.3, 0.4) is 0 Å². The second-order valence-corrected chi connectivity index (χ2v) is 9.72. The Balaban J connectivity index is 1.31. The molecule has 1 aromatic rings. The summed E-state index contributed by atoms with van der Waals surface area (Å²) in [6, 6.07) is 8.79. The molecule has 1 atom stereocenters. The summed E-state index contributed by atoms with van der Waals surface area (Å²) in [6.45, 7) is 5.41. The van der Waals surface area contributed by atoms with E-state index in [2.05, 4.69) is 44.2 Å². The first-order valence-corrected chi connectivity index (χ1v) is 12.7. The SMILES string of the molecule is CCCCOc1ccc(CCC2=CCC(CCC3CCC(CC)CC3)CC2)cc1. The van der Waals surface area contributed by atoms with Gasteiger partial charge in [0.25, 0.3) is 0 Å². The Labute approximate surface area is 180 Å². The summed E-state index contributed by atoms with van der Waals surface area (Å²) in [7, 11) is 0. The minimum Gasteiger partial charge on any atom is -0.494 e. The van der Waals surface area contributed by atoms with E-state index in [1.807, 2.05) is 0 Å². The van der Waals surface area contributed by atoms with Crippen LogP contribution < -0.4 is 4.74 Å².